The second kappa shape index (κ2) is 28.9. The van der Waals surface area contributed by atoms with E-state index in [9.17, 15) is 19.0 Å². The largest absolute Gasteiger partial charge is 0.472 e. The molecule has 0 spiro atoms. The van der Waals surface area contributed by atoms with Gasteiger partial charge in [-0.3, -0.25) is 18.6 Å². The first-order chi connectivity index (χ1) is 19.8. The maximum Gasteiger partial charge on any atom is 0.472 e. The number of carbonyl (C=O) groups excluding carboxylic acids is 2. The molecule has 0 bridgehead atoms. The Morgan fingerprint density at radius 1 is 0.659 bits per heavy atom. The molecule has 242 valence electrons. The molecule has 0 heterocycles. The number of allylic oxidation sites excluding steroid dienone is 2. The average molecular weight is 605 g/mol. The van der Waals surface area contributed by atoms with Gasteiger partial charge in [-0.25, -0.2) is 4.57 Å². The second-order valence-corrected chi connectivity index (χ2v) is 12.5. The lowest BCUT2D eigenvalue weighted by molar-refractivity contribution is -0.161. The minimum Gasteiger partial charge on any atom is -0.462 e. The molecule has 0 aliphatic carbocycles. The number of esters is 2. The molecule has 8 nitrogen and oxygen atoms in total. The van der Waals surface area contributed by atoms with Crippen LogP contribution in [0, 0.1) is 0 Å². The minimum atomic E-state index is -4.24. The van der Waals surface area contributed by atoms with Crippen LogP contribution in [0.15, 0.2) is 12.2 Å². The van der Waals surface area contributed by atoms with Gasteiger partial charge >= 0.3 is 19.8 Å². The van der Waals surface area contributed by atoms with Gasteiger partial charge in [0.2, 0.25) is 0 Å². The van der Waals surface area contributed by atoms with E-state index in [1.54, 1.807) is 0 Å². The Morgan fingerprint density at radius 3 is 1.63 bits per heavy atom. The summed E-state index contributed by atoms with van der Waals surface area (Å²) in [5.74, 6) is -0.815. The van der Waals surface area contributed by atoms with E-state index in [2.05, 4.69) is 30.5 Å². The van der Waals surface area contributed by atoms with Crippen molar-refractivity contribution in [2.75, 3.05) is 20.3 Å². The Bertz CT molecular complexity index is 697. The van der Waals surface area contributed by atoms with Crippen molar-refractivity contribution in [1.29, 1.82) is 0 Å². The molecule has 0 aromatic heterocycles. The fraction of sp³-hybridized carbons (Fsp3) is 0.875. The molecule has 0 saturated carbocycles. The van der Waals surface area contributed by atoms with Crippen LogP contribution < -0.4 is 0 Å². The van der Waals surface area contributed by atoms with Crippen LogP contribution in [0.3, 0.4) is 0 Å². The van der Waals surface area contributed by atoms with E-state index in [0.717, 1.165) is 58.5 Å². The van der Waals surface area contributed by atoms with E-state index in [1.165, 1.54) is 70.6 Å². The second-order valence-electron chi connectivity index (χ2n) is 10.9. The Balaban J connectivity index is 4.15. The molecule has 0 aliphatic rings. The molecule has 0 amide bonds. The van der Waals surface area contributed by atoms with Gasteiger partial charge in [-0.15, -0.1) is 0 Å². The maximum absolute atomic E-state index is 12.4. The monoisotopic (exact) mass is 604 g/mol. The summed E-state index contributed by atoms with van der Waals surface area (Å²) in [5, 5.41) is 0. The molecule has 0 aromatic carbocycles. The molecule has 2 unspecified atom stereocenters. The zero-order valence-electron chi connectivity index (χ0n) is 26.5. The zero-order chi connectivity index (χ0) is 30.4. The van der Waals surface area contributed by atoms with Crippen molar-refractivity contribution in [3.63, 3.8) is 0 Å². The number of carbonyl (C=O) groups is 2. The van der Waals surface area contributed by atoms with E-state index in [4.69, 9.17) is 14.0 Å². The van der Waals surface area contributed by atoms with E-state index < -0.39 is 26.5 Å². The number of phosphoric ester groups is 1. The van der Waals surface area contributed by atoms with Crippen molar-refractivity contribution >= 4 is 19.8 Å². The summed E-state index contributed by atoms with van der Waals surface area (Å²) in [6.45, 7) is 3.81. The summed E-state index contributed by atoms with van der Waals surface area (Å²) < 4.78 is 31.7. The molecule has 9 heteroatoms. The van der Waals surface area contributed by atoms with Crippen LogP contribution in [0.25, 0.3) is 0 Å². The molecule has 0 rings (SSSR count). The molecule has 0 saturated heterocycles. The summed E-state index contributed by atoms with van der Waals surface area (Å²) >= 11 is 0. The average Bonchev–Trinajstić information content (AvgIpc) is 2.96. The molecule has 0 fully saturated rings. The van der Waals surface area contributed by atoms with E-state index in [-0.39, 0.29) is 19.0 Å². The molecule has 1 N–H and O–H groups in total. The third kappa shape index (κ3) is 28.7. The molecular formula is C32H61O8P. The highest BCUT2D eigenvalue weighted by molar-refractivity contribution is 7.47. The van der Waals surface area contributed by atoms with Crippen molar-refractivity contribution in [2.24, 2.45) is 0 Å². The smallest absolute Gasteiger partial charge is 0.462 e. The van der Waals surface area contributed by atoms with Crippen molar-refractivity contribution < 1.29 is 37.6 Å². The molecule has 2 atom stereocenters. The van der Waals surface area contributed by atoms with Gasteiger partial charge in [-0.2, -0.15) is 0 Å². The highest BCUT2D eigenvalue weighted by Crippen LogP contribution is 2.42. The van der Waals surface area contributed by atoms with Gasteiger partial charge in [0.15, 0.2) is 6.10 Å². The fourth-order valence-corrected chi connectivity index (χ4v) is 4.88. The number of hydrogen-bond donors (Lipinski definition) is 1. The lowest BCUT2D eigenvalue weighted by Gasteiger charge is -2.19. The molecule has 0 radical (unpaired) electrons. The highest BCUT2D eigenvalue weighted by atomic mass is 31.2. The van der Waals surface area contributed by atoms with Gasteiger partial charge in [0.1, 0.15) is 6.61 Å². The first-order valence-corrected chi connectivity index (χ1v) is 17.9. The summed E-state index contributed by atoms with van der Waals surface area (Å²) in [6, 6.07) is 0. The van der Waals surface area contributed by atoms with Crippen molar-refractivity contribution in [3.8, 4) is 0 Å². The highest BCUT2D eigenvalue weighted by Gasteiger charge is 2.24. The summed E-state index contributed by atoms with van der Waals surface area (Å²) in [4.78, 5) is 34.1. The molecule has 41 heavy (non-hydrogen) atoms. The van der Waals surface area contributed by atoms with Crippen molar-refractivity contribution in [3.05, 3.63) is 12.2 Å². The number of ether oxygens (including phenoxy) is 2. The number of rotatable bonds is 30. The standard InChI is InChI=1S/C32H61O8P/c1-4-6-8-10-12-14-16-17-19-21-23-25-27-32(34)40-30(29-39-41(35,36)37-3)28-38-31(33)26-24-22-20-18-15-13-11-9-7-5-2/h12,14,30H,4-11,13,15-29H2,1-3H3,(H,35,36)/b14-12-. The van der Waals surface area contributed by atoms with Gasteiger partial charge in [0.05, 0.1) is 6.61 Å². The van der Waals surface area contributed by atoms with E-state index in [0.29, 0.717) is 12.8 Å². The molecular weight excluding hydrogens is 543 g/mol. The van der Waals surface area contributed by atoms with Gasteiger partial charge in [0, 0.05) is 20.0 Å². The van der Waals surface area contributed by atoms with E-state index >= 15 is 0 Å². The normalized spacial score (nSPS) is 13.8. The third-order valence-corrected chi connectivity index (χ3v) is 7.95. The Hall–Kier alpha value is -1.21. The van der Waals surface area contributed by atoms with Gasteiger partial charge in [0.25, 0.3) is 0 Å². The number of hydrogen-bond acceptors (Lipinski definition) is 7. The van der Waals surface area contributed by atoms with Crippen LogP contribution in [0.2, 0.25) is 0 Å². The first-order valence-electron chi connectivity index (χ1n) is 16.4. The van der Waals surface area contributed by atoms with Crippen LogP contribution >= 0.6 is 7.82 Å². The Kier molecular flexibility index (Phi) is 28.0. The predicted octanol–water partition coefficient (Wildman–Crippen LogP) is 9.38. The number of unbranched alkanes of at least 4 members (excludes halogenated alkanes) is 17. The predicted molar refractivity (Wildman–Crippen MR) is 166 cm³/mol. The van der Waals surface area contributed by atoms with Crippen molar-refractivity contribution in [1.82, 2.24) is 0 Å². The van der Waals surface area contributed by atoms with Crippen LogP contribution in [0.5, 0.6) is 0 Å². The molecule has 0 aromatic rings. The van der Waals surface area contributed by atoms with Crippen LogP contribution in [0.1, 0.15) is 155 Å². The zero-order valence-corrected chi connectivity index (χ0v) is 27.3. The third-order valence-electron chi connectivity index (χ3n) is 7.01. The maximum atomic E-state index is 12.4. The van der Waals surface area contributed by atoms with Crippen molar-refractivity contribution in [2.45, 2.75) is 161 Å². The van der Waals surface area contributed by atoms with Crippen LogP contribution in [-0.2, 0) is 32.7 Å². The summed E-state index contributed by atoms with van der Waals surface area (Å²) in [7, 11) is -3.19. The number of phosphoric acid groups is 1. The van der Waals surface area contributed by atoms with Gasteiger partial charge in [-0.05, 0) is 38.5 Å². The van der Waals surface area contributed by atoms with Gasteiger partial charge < -0.3 is 14.4 Å². The summed E-state index contributed by atoms with van der Waals surface area (Å²) in [5.41, 5.74) is 0. The topological polar surface area (TPSA) is 108 Å². The lowest BCUT2D eigenvalue weighted by atomic mass is 10.1. The van der Waals surface area contributed by atoms with Crippen LogP contribution in [-0.4, -0.2) is 43.3 Å². The Morgan fingerprint density at radius 2 is 1.10 bits per heavy atom. The quantitative estimate of drug-likeness (QED) is 0.0374. The molecule has 0 aliphatic heterocycles. The van der Waals surface area contributed by atoms with Gasteiger partial charge in [-0.1, -0.05) is 116 Å². The minimum absolute atomic E-state index is 0.224. The first kappa shape index (κ1) is 39.8. The summed E-state index contributed by atoms with van der Waals surface area (Å²) in [6.07, 6.45) is 26.9. The fourth-order valence-electron chi connectivity index (χ4n) is 4.42. The van der Waals surface area contributed by atoms with Crippen LogP contribution in [0.4, 0.5) is 0 Å². The Labute approximate surface area is 250 Å². The lowest BCUT2D eigenvalue weighted by Crippen LogP contribution is -2.29. The van der Waals surface area contributed by atoms with E-state index in [1.807, 2.05) is 0 Å². The SMILES string of the molecule is CCCCC/C=C\CCCCCCCC(=O)OC(COC(=O)CCCCCCCCCCCC)COP(=O)(O)OC.